The van der Waals surface area contributed by atoms with Gasteiger partial charge in [-0.3, -0.25) is 0 Å². The van der Waals surface area contributed by atoms with Crippen LogP contribution in [0.5, 0.6) is 0 Å². The maximum atomic E-state index is 10.2. The minimum absolute atomic E-state index is 0.0502. The van der Waals surface area contributed by atoms with Crippen LogP contribution in [0.25, 0.3) is 0 Å². The Morgan fingerprint density at radius 1 is 1.39 bits per heavy atom. The first-order valence-corrected chi connectivity index (χ1v) is 8.23. The van der Waals surface area contributed by atoms with Crippen LogP contribution in [0.2, 0.25) is 0 Å². The molecule has 98 valence electrons. The number of aliphatic hydroxyl groups is 1. The Balaban J connectivity index is 2.09. The van der Waals surface area contributed by atoms with Crippen molar-refractivity contribution in [2.24, 2.45) is 0 Å². The van der Waals surface area contributed by atoms with Gasteiger partial charge in [0.15, 0.2) is 0 Å². The Morgan fingerprint density at radius 3 is 2.61 bits per heavy atom. The van der Waals surface area contributed by atoms with Gasteiger partial charge in [0.2, 0.25) is 0 Å². The van der Waals surface area contributed by atoms with E-state index in [-0.39, 0.29) is 5.41 Å². The Labute approximate surface area is 124 Å². The Morgan fingerprint density at radius 2 is 2.11 bits per heavy atom. The van der Waals surface area contributed by atoms with E-state index in [4.69, 9.17) is 0 Å². The fraction of sp³-hybridized carbons (Fsp3) is 0.462. The maximum Gasteiger partial charge on any atom is 0.102 e. The monoisotopic (exact) mass is 345 g/mol. The van der Waals surface area contributed by atoms with Crippen molar-refractivity contribution in [1.82, 2.24) is 4.98 Å². The largest absolute Gasteiger partial charge is 0.386 e. The quantitative estimate of drug-likeness (QED) is 0.885. The normalized spacial score (nSPS) is 13.8. The van der Waals surface area contributed by atoms with Crippen LogP contribution < -0.4 is 0 Å². The van der Waals surface area contributed by atoms with Crippen molar-refractivity contribution in [3.05, 3.63) is 36.9 Å². The molecule has 2 nitrogen and oxygen atoms in total. The SMILES string of the molecule is CC(C)(C)c1nc(C(O)Cc2ccc(Br)s2)cs1. The predicted octanol–water partition coefficient (Wildman–Crippen LogP) is 4.54. The molecule has 2 aromatic rings. The van der Waals surface area contributed by atoms with Crippen molar-refractivity contribution in [2.75, 3.05) is 0 Å². The van der Waals surface area contributed by atoms with E-state index < -0.39 is 6.10 Å². The molecule has 2 rings (SSSR count). The van der Waals surface area contributed by atoms with Crippen molar-refractivity contribution in [3.63, 3.8) is 0 Å². The van der Waals surface area contributed by atoms with Crippen molar-refractivity contribution < 1.29 is 5.11 Å². The van der Waals surface area contributed by atoms with Crippen molar-refractivity contribution in [2.45, 2.75) is 38.7 Å². The van der Waals surface area contributed by atoms with E-state index in [1.165, 1.54) is 4.88 Å². The van der Waals surface area contributed by atoms with Gasteiger partial charge in [-0.05, 0) is 28.1 Å². The molecule has 0 bridgehead atoms. The summed E-state index contributed by atoms with van der Waals surface area (Å²) >= 11 is 6.71. The van der Waals surface area contributed by atoms with E-state index in [9.17, 15) is 5.11 Å². The second-order valence-electron chi connectivity index (χ2n) is 5.25. The average molecular weight is 346 g/mol. The van der Waals surface area contributed by atoms with Crippen LogP contribution in [0.15, 0.2) is 21.3 Å². The van der Waals surface area contributed by atoms with Gasteiger partial charge in [-0.1, -0.05) is 20.8 Å². The van der Waals surface area contributed by atoms with Gasteiger partial charge in [0.05, 0.1) is 14.5 Å². The molecule has 0 fully saturated rings. The molecule has 0 saturated heterocycles. The van der Waals surface area contributed by atoms with Gasteiger partial charge in [-0.25, -0.2) is 4.98 Å². The smallest absolute Gasteiger partial charge is 0.102 e. The van der Waals surface area contributed by atoms with Gasteiger partial charge in [-0.2, -0.15) is 0 Å². The molecule has 0 aliphatic carbocycles. The van der Waals surface area contributed by atoms with Gasteiger partial charge in [-0.15, -0.1) is 22.7 Å². The zero-order valence-electron chi connectivity index (χ0n) is 10.6. The third kappa shape index (κ3) is 3.41. The molecule has 0 radical (unpaired) electrons. The molecule has 1 atom stereocenters. The van der Waals surface area contributed by atoms with Crippen molar-refractivity contribution >= 4 is 38.6 Å². The zero-order valence-corrected chi connectivity index (χ0v) is 13.8. The zero-order chi connectivity index (χ0) is 13.3. The standard InChI is InChI=1S/C13H16BrNOS2/c1-13(2,3)12-15-9(7-17-12)10(16)6-8-4-5-11(14)18-8/h4-5,7,10,16H,6H2,1-3H3. The van der Waals surface area contributed by atoms with Crippen LogP contribution >= 0.6 is 38.6 Å². The molecule has 0 saturated carbocycles. The summed E-state index contributed by atoms with van der Waals surface area (Å²) < 4.78 is 1.10. The molecule has 18 heavy (non-hydrogen) atoms. The van der Waals surface area contributed by atoms with Gasteiger partial charge < -0.3 is 5.11 Å². The lowest BCUT2D eigenvalue weighted by molar-refractivity contribution is 0.175. The molecule has 0 aromatic carbocycles. The summed E-state index contributed by atoms with van der Waals surface area (Å²) in [5.74, 6) is 0. The molecular formula is C13H16BrNOS2. The summed E-state index contributed by atoms with van der Waals surface area (Å²) in [5, 5.41) is 13.2. The fourth-order valence-corrected chi connectivity index (χ4v) is 4.01. The van der Waals surface area contributed by atoms with Gasteiger partial charge in [0.1, 0.15) is 6.10 Å². The Kier molecular flexibility index (Phi) is 4.26. The lowest BCUT2D eigenvalue weighted by Gasteiger charge is -2.14. The summed E-state index contributed by atoms with van der Waals surface area (Å²) in [6.07, 6.45) is 0.117. The number of thiophene rings is 1. The molecule has 1 unspecified atom stereocenters. The molecular weight excluding hydrogens is 330 g/mol. The molecule has 0 spiro atoms. The Bertz CT molecular complexity index is 527. The van der Waals surface area contributed by atoms with Crippen LogP contribution in [0.3, 0.4) is 0 Å². The van der Waals surface area contributed by atoms with E-state index in [1.807, 2.05) is 17.5 Å². The number of halogens is 1. The first-order valence-electron chi connectivity index (χ1n) is 5.74. The summed E-state index contributed by atoms with van der Waals surface area (Å²) in [6, 6.07) is 4.04. The van der Waals surface area contributed by atoms with Crippen molar-refractivity contribution in [3.8, 4) is 0 Å². The maximum absolute atomic E-state index is 10.2. The highest BCUT2D eigenvalue weighted by molar-refractivity contribution is 9.11. The number of aromatic nitrogens is 1. The first kappa shape index (κ1) is 14.2. The van der Waals surface area contributed by atoms with E-state index in [1.54, 1.807) is 22.7 Å². The summed E-state index contributed by atoms with van der Waals surface area (Å²) in [6.45, 7) is 6.41. The number of rotatable bonds is 3. The van der Waals surface area contributed by atoms with Crippen LogP contribution in [0, 0.1) is 0 Å². The number of aliphatic hydroxyl groups excluding tert-OH is 1. The molecule has 0 aliphatic heterocycles. The molecule has 0 amide bonds. The molecule has 2 aromatic heterocycles. The average Bonchev–Trinajstić information content (AvgIpc) is 2.85. The molecule has 0 aliphatic rings. The van der Waals surface area contributed by atoms with Gasteiger partial charge >= 0.3 is 0 Å². The van der Waals surface area contributed by atoms with Gasteiger partial charge in [0.25, 0.3) is 0 Å². The van der Waals surface area contributed by atoms with Gasteiger partial charge in [0, 0.05) is 22.1 Å². The highest BCUT2D eigenvalue weighted by Gasteiger charge is 2.20. The lowest BCUT2D eigenvalue weighted by atomic mass is 9.98. The second-order valence-corrected chi connectivity index (χ2v) is 8.66. The predicted molar refractivity (Wildman–Crippen MR) is 81.5 cm³/mol. The van der Waals surface area contributed by atoms with Crippen LogP contribution in [-0.4, -0.2) is 10.1 Å². The number of hydrogen-bond acceptors (Lipinski definition) is 4. The Hall–Kier alpha value is -0.230. The third-order valence-corrected chi connectivity index (χ3v) is 5.46. The van der Waals surface area contributed by atoms with E-state index >= 15 is 0 Å². The minimum Gasteiger partial charge on any atom is -0.386 e. The summed E-state index contributed by atoms with van der Waals surface area (Å²) in [7, 11) is 0. The topological polar surface area (TPSA) is 33.1 Å². The minimum atomic E-state index is -0.511. The number of thiazole rings is 1. The summed E-state index contributed by atoms with van der Waals surface area (Å²) in [5.41, 5.74) is 0.837. The summed E-state index contributed by atoms with van der Waals surface area (Å²) in [4.78, 5) is 5.71. The third-order valence-electron chi connectivity index (χ3n) is 2.53. The van der Waals surface area contributed by atoms with E-state index in [0.717, 1.165) is 14.5 Å². The van der Waals surface area contributed by atoms with E-state index in [0.29, 0.717) is 6.42 Å². The van der Waals surface area contributed by atoms with Crippen LogP contribution in [0.1, 0.15) is 42.5 Å². The number of hydrogen-bond donors (Lipinski definition) is 1. The lowest BCUT2D eigenvalue weighted by Crippen LogP contribution is -2.11. The van der Waals surface area contributed by atoms with E-state index in [2.05, 4.69) is 41.7 Å². The van der Waals surface area contributed by atoms with Crippen LogP contribution in [-0.2, 0) is 11.8 Å². The molecule has 1 N–H and O–H groups in total. The molecule has 5 heteroatoms. The second kappa shape index (κ2) is 5.41. The molecule has 2 heterocycles. The van der Waals surface area contributed by atoms with Crippen LogP contribution in [0.4, 0.5) is 0 Å². The fourth-order valence-electron chi connectivity index (χ4n) is 1.54. The number of nitrogens with zero attached hydrogens (tertiary/aromatic N) is 1. The highest BCUT2D eigenvalue weighted by Crippen LogP contribution is 2.30. The van der Waals surface area contributed by atoms with Crippen molar-refractivity contribution in [1.29, 1.82) is 0 Å². The first-order chi connectivity index (χ1) is 8.36. The highest BCUT2D eigenvalue weighted by atomic mass is 79.9.